The van der Waals surface area contributed by atoms with Gasteiger partial charge in [-0.1, -0.05) is 20.8 Å². The molecule has 19 heavy (non-hydrogen) atoms. The SMILES string of the molecule is CCC(N)Cc1c(C)nn(C)c1N1CCC(C)(C)C1. The first-order chi connectivity index (χ1) is 8.84. The summed E-state index contributed by atoms with van der Waals surface area (Å²) in [5.41, 5.74) is 9.03. The Bertz CT molecular complexity index is 447. The van der Waals surface area contributed by atoms with Crippen molar-refractivity contribution in [3.63, 3.8) is 0 Å². The molecule has 1 aromatic heterocycles. The van der Waals surface area contributed by atoms with Crippen LogP contribution >= 0.6 is 0 Å². The van der Waals surface area contributed by atoms with Crippen LogP contribution in [0.5, 0.6) is 0 Å². The highest BCUT2D eigenvalue weighted by Crippen LogP contribution is 2.35. The maximum Gasteiger partial charge on any atom is 0.130 e. The molecule has 0 amide bonds. The van der Waals surface area contributed by atoms with E-state index >= 15 is 0 Å². The van der Waals surface area contributed by atoms with E-state index in [-0.39, 0.29) is 6.04 Å². The van der Waals surface area contributed by atoms with Crippen LogP contribution in [0.15, 0.2) is 0 Å². The van der Waals surface area contributed by atoms with Crippen molar-refractivity contribution in [3.05, 3.63) is 11.3 Å². The molecule has 2 N–H and O–H groups in total. The molecule has 1 aliphatic heterocycles. The number of anilines is 1. The van der Waals surface area contributed by atoms with Gasteiger partial charge < -0.3 is 10.6 Å². The molecule has 108 valence electrons. The van der Waals surface area contributed by atoms with Crippen LogP contribution in [0.2, 0.25) is 0 Å². The van der Waals surface area contributed by atoms with Crippen molar-refractivity contribution >= 4 is 5.82 Å². The van der Waals surface area contributed by atoms with Crippen LogP contribution in [-0.4, -0.2) is 28.9 Å². The van der Waals surface area contributed by atoms with E-state index in [4.69, 9.17) is 5.73 Å². The van der Waals surface area contributed by atoms with Gasteiger partial charge in [0, 0.05) is 31.7 Å². The normalized spacial score (nSPS) is 20.0. The topological polar surface area (TPSA) is 47.1 Å². The smallest absolute Gasteiger partial charge is 0.130 e. The summed E-state index contributed by atoms with van der Waals surface area (Å²) in [6.07, 6.45) is 3.19. The summed E-state index contributed by atoms with van der Waals surface area (Å²) >= 11 is 0. The minimum Gasteiger partial charge on any atom is -0.356 e. The molecule has 0 spiro atoms. The Labute approximate surface area is 117 Å². The van der Waals surface area contributed by atoms with Gasteiger partial charge in [0.05, 0.1) is 5.69 Å². The fraction of sp³-hybridized carbons (Fsp3) is 0.800. The Morgan fingerprint density at radius 3 is 2.63 bits per heavy atom. The van der Waals surface area contributed by atoms with Crippen LogP contribution in [0.3, 0.4) is 0 Å². The van der Waals surface area contributed by atoms with E-state index in [9.17, 15) is 0 Å². The molecular formula is C15H28N4. The van der Waals surface area contributed by atoms with Crippen molar-refractivity contribution in [1.82, 2.24) is 9.78 Å². The standard InChI is InChI=1S/C15H28N4/c1-6-12(16)9-13-11(2)17-18(5)14(13)19-8-7-15(3,4)10-19/h12H,6-10,16H2,1-5H3. The van der Waals surface area contributed by atoms with Crippen LogP contribution in [0.25, 0.3) is 0 Å². The summed E-state index contributed by atoms with van der Waals surface area (Å²) in [6, 6.07) is 0.234. The van der Waals surface area contributed by atoms with Crippen LogP contribution in [0.1, 0.15) is 44.9 Å². The lowest BCUT2D eigenvalue weighted by Crippen LogP contribution is -2.28. The molecular weight excluding hydrogens is 236 g/mol. The zero-order valence-electron chi connectivity index (χ0n) is 13.0. The Morgan fingerprint density at radius 2 is 2.11 bits per heavy atom. The second-order valence-electron chi connectivity index (χ2n) is 6.72. The monoisotopic (exact) mass is 264 g/mol. The predicted octanol–water partition coefficient (Wildman–Crippen LogP) is 2.24. The minimum atomic E-state index is 0.234. The lowest BCUT2D eigenvalue weighted by molar-refractivity contribution is 0.418. The maximum atomic E-state index is 6.15. The fourth-order valence-corrected chi connectivity index (χ4v) is 3.02. The average molecular weight is 264 g/mol. The van der Waals surface area contributed by atoms with Crippen LogP contribution in [0.4, 0.5) is 5.82 Å². The van der Waals surface area contributed by atoms with E-state index < -0.39 is 0 Å². The molecule has 0 bridgehead atoms. The highest BCUT2D eigenvalue weighted by Gasteiger charge is 2.32. The van der Waals surface area contributed by atoms with Gasteiger partial charge in [-0.15, -0.1) is 0 Å². The van der Waals surface area contributed by atoms with Crippen molar-refractivity contribution in [1.29, 1.82) is 0 Å². The number of hydrogen-bond donors (Lipinski definition) is 1. The van der Waals surface area contributed by atoms with Crippen molar-refractivity contribution in [2.45, 2.75) is 53.0 Å². The van der Waals surface area contributed by atoms with Crippen LogP contribution in [-0.2, 0) is 13.5 Å². The van der Waals surface area contributed by atoms with Gasteiger partial charge in [-0.3, -0.25) is 4.68 Å². The Balaban J connectivity index is 2.29. The number of aryl methyl sites for hydroxylation is 2. The molecule has 1 saturated heterocycles. The molecule has 1 unspecified atom stereocenters. The molecule has 2 heterocycles. The predicted molar refractivity (Wildman–Crippen MR) is 80.5 cm³/mol. The van der Waals surface area contributed by atoms with E-state index in [0.29, 0.717) is 5.41 Å². The first-order valence-corrected chi connectivity index (χ1v) is 7.37. The molecule has 0 aromatic carbocycles. The number of rotatable bonds is 4. The summed E-state index contributed by atoms with van der Waals surface area (Å²) in [5.74, 6) is 1.28. The van der Waals surface area contributed by atoms with Gasteiger partial charge in [0.15, 0.2) is 0 Å². The Kier molecular flexibility index (Phi) is 3.90. The summed E-state index contributed by atoms with van der Waals surface area (Å²) in [4.78, 5) is 2.48. The largest absolute Gasteiger partial charge is 0.356 e. The molecule has 4 nitrogen and oxygen atoms in total. The second-order valence-corrected chi connectivity index (χ2v) is 6.72. The third-order valence-electron chi connectivity index (χ3n) is 4.28. The highest BCUT2D eigenvalue weighted by atomic mass is 15.4. The minimum absolute atomic E-state index is 0.234. The van der Waals surface area contributed by atoms with E-state index in [2.05, 4.69) is 44.7 Å². The van der Waals surface area contributed by atoms with Gasteiger partial charge in [0.1, 0.15) is 5.82 Å². The summed E-state index contributed by atoms with van der Waals surface area (Å²) in [7, 11) is 2.05. The van der Waals surface area contributed by atoms with Gasteiger partial charge in [-0.25, -0.2) is 0 Å². The molecule has 0 saturated carbocycles. The van der Waals surface area contributed by atoms with E-state index in [1.165, 1.54) is 17.8 Å². The molecule has 0 aliphatic carbocycles. The zero-order valence-corrected chi connectivity index (χ0v) is 13.0. The lowest BCUT2D eigenvalue weighted by Gasteiger charge is -2.23. The first kappa shape index (κ1) is 14.4. The van der Waals surface area contributed by atoms with Crippen molar-refractivity contribution in [3.8, 4) is 0 Å². The van der Waals surface area contributed by atoms with E-state index in [1.807, 2.05) is 4.68 Å². The molecule has 2 rings (SSSR count). The van der Waals surface area contributed by atoms with Crippen molar-refractivity contribution < 1.29 is 0 Å². The summed E-state index contributed by atoms with van der Waals surface area (Å²) < 4.78 is 2.04. The van der Waals surface area contributed by atoms with Crippen molar-refractivity contribution in [2.24, 2.45) is 18.2 Å². The van der Waals surface area contributed by atoms with E-state index in [0.717, 1.165) is 31.6 Å². The fourth-order valence-electron chi connectivity index (χ4n) is 3.02. The zero-order chi connectivity index (χ0) is 14.2. The third kappa shape index (κ3) is 2.94. The molecule has 1 atom stereocenters. The molecule has 1 aromatic rings. The third-order valence-corrected chi connectivity index (χ3v) is 4.28. The Hall–Kier alpha value is -1.03. The molecule has 1 aliphatic rings. The average Bonchev–Trinajstić information content (AvgIpc) is 2.79. The number of aromatic nitrogens is 2. The first-order valence-electron chi connectivity index (χ1n) is 7.37. The van der Waals surface area contributed by atoms with Crippen LogP contribution < -0.4 is 10.6 Å². The van der Waals surface area contributed by atoms with Gasteiger partial charge in [0.25, 0.3) is 0 Å². The van der Waals surface area contributed by atoms with Crippen LogP contribution in [0, 0.1) is 12.3 Å². The highest BCUT2D eigenvalue weighted by molar-refractivity contribution is 5.51. The molecule has 0 radical (unpaired) electrons. The molecule has 1 fully saturated rings. The van der Waals surface area contributed by atoms with E-state index in [1.54, 1.807) is 0 Å². The number of nitrogens with two attached hydrogens (primary N) is 1. The Morgan fingerprint density at radius 1 is 1.42 bits per heavy atom. The lowest BCUT2D eigenvalue weighted by atomic mass is 9.93. The quantitative estimate of drug-likeness (QED) is 0.907. The summed E-state index contributed by atoms with van der Waals surface area (Å²) in [6.45, 7) is 11.2. The van der Waals surface area contributed by atoms with Gasteiger partial charge in [0.2, 0.25) is 0 Å². The van der Waals surface area contributed by atoms with Gasteiger partial charge >= 0.3 is 0 Å². The number of hydrogen-bond acceptors (Lipinski definition) is 3. The second kappa shape index (κ2) is 5.16. The molecule has 4 heteroatoms. The number of nitrogens with zero attached hydrogens (tertiary/aromatic N) is 3. The maximum absolute atomic E-state index is 6.15. The summed E-state index contributed by atoms with van der Waals surface area (Å²) in [5, 5.41) is 4.61. The van der Waals surface area contributed by atoms with Gasteiger partial charge in [-0.05, 0) is 31.6 Å². The van der Waals surface area contributed by atoms with Gasteiger partial charge in [-0.2, -0.15) is 5.10 Å². The van der Waals surface area contributed by atoms with Crippen molar-refractivity contribution in [2.75, 3.05) is 18.0 Å².